The molecule has 3 N–H and O–H groups in total. The van der Waals surface area contributed by atoms with Gasteiger partial charge in [-0.1, -0.05) is 18.2 Å². The molecular weight excluding hydrogens is 220 g/mol. The largest absolute Gasteiger partial charge is 0.481 e. The molecule has 0 amide bonds. The van der Waals surface area contributed by atoms with Gasteiger partial charge in [0.2, 0.25) is 5.95 Å². The van der Waals surface area contributed by atoms with E-state index in [1.165, 1.54) is 4.68 Å². The fourth-order valence-electron chi connectivity index (χ4n) is 1.51. The quantitative estimate of drug-likeness (QED) is 0.812. The zero-order valence-electron chi connectivity index (χ0n) is 9.29. The van der Waals surface area contributed by atoms with Crippen molar-refractivity contribution in [3.63, 3.8) is 0 Å². The van der Waals surface area contributed by atoms with Crippen LogP contribution in [0.25, 0.3) is 11.4 Å². The first-order valence-corrected chi connectivity index (χ1v) is 5.04. The molecule has 0 aliphatic heterocycles. The number of nitrogens with zero attached hydrogens (tertiary/aromatic N) is 3. The summed E-state index contributed by atoms with van der Waals surface area (Å²) in [6, 6.07) is 7.10. The van der Waals surface area contributed by atoms with Crippen LogP contribution in [-0.4, -0.2) is 25.8 Å². The summed E-state index contributed by atoms with van der Waals surface area (Å²) in [5, 5.41) is 12.9. The summed E-state index contributed by atoms with van der Waals surface area (Å²) in [5.41, 5.74) is 7.06. The van der Waals surface area contributed by atoms with Gasteiger partial charge in [0.1, 0.15) is 0 Å². The minimum absolute atomic E-state index is 0.0177. The number of rotatable bonds is 3. The van der Waals surface area contributed by atoms with Gasteiger partial charge in [-0.25, -0.2) is 4.68 Å². The number of anilines is 1. The van der Waals surface area contributed by atoms with Gasteiger partial charge in [0.25, 0.3) is 0 Å². The third-order valence-electron chi connectivity index (χ3n) is 2.34. The van der Waals surface area contributed by atoms with Crippen molar-refractivity contribution in [1.82, 2.24) is 14.8 Å². The minimum atomic E-state index is -0.865. The third-order valence-corrected chi connectivity index (χ3v) is 2.34. The molecular formula is C11H12N4O2. The zero-order chi connectivity index (χ0) is 12.4. The first kappa shape index (κ1) is 11.1. The van der Waals surface area contributed by atoms with Crippen LogP contribution in [-0.2, 0) is 18.3 Å². The molecule has 0 saturated carbocycles. The smallest absolute Gasteiger partial charge is 0.307 e. The Morgan fingerprint density at radius 1 is 1.53 bits per heavy atom. The van der Waals surface area contributed by atoms with E-state index in [2.05, 4.69) is 10.1 Å². The van der Waals surface area contributed by atoms with Gasteiger partial charge >= 0.3 is 5.97 Å². The first-order chi connectivity index (χ1) is 8.06. The second-order valence-electron chi connectivity index (χ2n) is 3.69. The molecule has 2 aromatic rings. The predicted octanol–water partition coefficient (Wildman–Crippen LogP) is 0.691. The number of hydrogen-bond donors (Lipinski definition) is 2. The molecule has 0 radical (unpaired) electrons. The lowest BCUT2D eigenvalue weighted by molar-refractivity contribution is -0.136. The van der Waals surface area contributed by atoms with E-state index in [9.17, 15) is 4.79 Å². The summed E-state index contributed by atoms with van der Waals surface area (Å²) in [7, 11) is 1.70. The molecule has 88 valence electrons. The maximum Gasteiger partial charge on any atom is 0.307 e. The van der Waals surface area contributed by atoms with E-state index < -0.39 is 5.97 Å². The van der Waals surface area contributed by atoms with Crippen molar-refractivity contribution < 1.29 is 9.90 Å². The lowest BCUT2D eigenvalue weighted by atomic mass is 10.1. The normalized spacial score (nSPS) is 10.4. The monoisotopic (exact) mass is 232 g/mol. The number of aliphatic carboxylic acids is 1. The van der Waals surface area contributed by atoms with Crippen LogP contribution in [0.3, 0.4) is 0 Å². The highest BCUT2D eigenvalue weighted by atomic mass is 16.4. The number of aromatic nitrogens is 3. The van der Waals surface area contributed by atoms with Crippen LogP contribution < -0.4 is 5.73 Å². The Hall–Kier alpha value is -2.37. The van der Waals surface area contributed by atoms with E-state index in [1.54, 1.807) is 25.2 Å². The molecule has 1 heterocycles. The summed E-state index contributed by atoms with van der Waals surface area (Å²) in [6.07, 6.45) is -0.0177. The molecule has 0 spiro atoms. The van der Waals surface area contributed by atoms with Crippen LogP contribution in [0.1, 0.15) is 5.56 Å². The van der Waals surface area contributed by atoms with Gasteiger partial charge in [0.05, 0.1) is 6.42 Å². The molecule has 6 heteroatoms. The highest BCUT2D eigenvalue weighted by molar-refractivity contribution is 5.71. The number of nitrogens with two attached hydrogens (primary N) is 1. The summed E-state index contributed by atoms with van der Waals surface area (Å²) in [5.74, 6) is -0.0449. The lowest BCUT2D eigenvalue weighted by Gasteiger charge is -1.99. The van der Waals surface area contributed by atoms with Gasteiger partial charge in [-0.2, -0.15) is 4.98 Å². The van der Waals surface area contributed by atoms with Crippen molar-refractivity contribution >= 4 is 11.9 Å². The Bertz CT molecular complexity index is 543. The fraction of sp³-hybridized carbons (Fsp3) is 0.182. The SMILES string of the molecule is Cn1nc(-c2cccc(CC(=O)O)c2)nc1N. The molecule has 1 aromatic carbocycles. The molecule has 0 saturated heterocycles. The van der Waals surface area contributed by atoms with Crippen molar-refractivity contribution in [2.45, 2.75) is 6.42 Å². The molecule has 0 bridgehead atoms. The Balaban J connectivity index is 2.35. The molecule has 6 nitrogen and oxygen atoms in total. The van der Waals surface area contributed by atoms with Crippen LogP contribution in [0.2, 0.25) is 0 Å². The van der Waals surface area contributed by atoms with Crippen molar-refractivity contribution in [2.24, 2.45) is 7.05 Å². The van der Waals surface area contributed by atoms with Crippen molar-refractivity contribution in [3.8, 4) is 11.4 Å². The Labute approximate surface area is 97.7 Å². The van der Waals surface area contributed by atoms with Gasteiger partial charge in [0.15, 0.2) is 5.82 Å². The summed E-state index contributed by atoms with van der Waals surface area (Å²) in [6.45, 7) is 0. The average molecular weight is 232 g/mol. The fourth-order valence-corrected chi connectivity index (χ4v) is 1.51. The van der Waals surface area contributed by atoms with Gasteiger partial charge in [0, 0.05) is 12.6 Å². The number of carboxylic acid groups (broad SMARTS) is 1. The lowest BCUT2D eigenvalue weighted by Crippen LogP contribution is -2.00. The van der Waals surface area contributed by atoms with Gasteiger partial charge < -0.3 is 10.8 Å². The van der Waals surface area contributed by atoms with E-state index >= 15 is 0 Å². The van der Waals surface area contributed by atoms with Gasteiger partial charge in [-0.05, 0) is 11.6 Å². The van der Waals surface area contributed by atoms with Crippen LogP contribution in [0.4, 0.5) is 5.95 Å². The minimum Gasteiger partial charge on any atom is -0.481 e. The Morgan fingerprint density at radius 2 is 2.29 bits per heavy atom. The molecule has 1 aromatic heterocycles. The Kier molecular flexibility index (Phi) is 2.78. The number of carboxylic acids is 1. The number of hydrogen-bond acceptors (Lipinski definition) is 4. The second kappa shape index (κ2) is 4.25. The number of aryl methyl sites for hydroxylation is 1. The van der Waals surface area contributed by atoms with Crippen LogP contribution in [0, 0.1) is 0 Å². The molecule has 0 atom stereocenters. The van der Waals surface area contributed by atoms with Gasteiger partial charge in [-0.3, -0.25) is 4.79 Å². The molecule has 0 fully saturated rings. The van der Waals surface area contributed by atoms with Crippen molar-refractivity contribution in [3.05, 3.63) is 29.8 Å². The van der Waals surface area contributed by atoms with E-state index in [-0.39, 0.29) is 6.42 Å². The standard InChI is InChI=1S/C11H12N4O2/c1-15-11(12)13-10(14-15)8-4-2-3-7(5-8)6-9(16)17/h2-5H,6H2,1H3,(H,16,17)(H2,12,13,14). The van der Waals surface area contributed by atoms with Crippen LogP contribution in [0.15, 0.2) is 24.3 Å². The van der Waals surface area contributed by atoms with Crippen molar-refractivity contribution in [2.75, 3.05) is 5.73 Å². The molecule has 17 heavy (non-hydrogen) atoms. The average Bonchev–Trinajstić information content (AvgIpc) is 2.59. The van der Waals surface area contributed by atoms with Crippen LogP contribution >= 0.6 is 0 Å². The Morgan fingerprint density at radius 3 is 2.88 bits per heavy atom. The maximum atomic E-state index is 10.6. The highest BCUT2D eigenvalue weighted by Crippen LogP contribution is 2.17. The van der Waals surface area contributed by atoms with E-state index in [1.807, 2.05) is 6.07 Å². The number of benzene rings is 1. The van der Waals surface area contributed by atoms with Gasteiger partial charge in [-0.15, -0.1) is 5.10 Å². The van der Waals surface area contributed by atoms with Crippen molar-refractivity contribution in [1.29, 1.82) is 0 Å². The third kappa shape index (κ3) is 2.41. The molecule has 0 unspecified atom stereocenters. The highest BCUT2D eigenvalue weighted by Gasteiger charge is 2.08. The predicted molar refractivity (Wildman–Crippen MR) is 62.2 cm³/mol. The summed E-state index contributed by atoms with van der Waals surface area (Å²) >= 11 is 0. The number of nitrogen functional groups attached to an aromatic ring is 1. The summed E-state index contributed by atoms with van der Waals surface area (Å²) in [4.78, 5) is 14.7. The molecule has 0 aliphatic rings. The second-order valence-corrected chi connectivity index (χ2v) is 3.69. The first-order valence-electron chi connectivity index (χ1n) is 5.04. The van der Waals surface area contributed by atoms with E-state index in [0.29, 0.717) is 17.3 Å². The van der Waals surface area contributed by atoms with Crippen LogP contribution in [0.5, 0.6) is 0 Å². The maximum absolute atomic E-state index is 10.6. The molecule has 2 rings (SSSR count). The zero-order valence-corrected chi connectivity index (χ0v) is 9.29. The molecule has 0 aliphatic carbocycles. The number of carbonyl (C=O) groups is 1. The van der Waals surface area contributed by atoms with E-state index in [4.69, 9.17) is 10.8 Å². The van der Waals surface area contributed by atoms with E-state index in [0.717, 1.165) is 5.56 Å². The summed E-state index contributed by atoms with van der Waals surface area (Å²) < 4.78 is 1.47. The topological polar surface area (TPSA) is 94.0 Å².